The summed E-state index contributed by atoms with van der Waals surface area (Å²) in [6, 6.07) is 1.42. The van der Waals surface area contributed by atoms with Gasteiger partial charge in [-0.3, -0.25) is 4.21 Å². The van der Waals surface area contributed by atoms with Gasteiger partial charge in [0.15, 0.2) is 6.04 Å². The Morgan fingerprint density at radius 3 is 2.63 bits per heavy atom. The first-order valence-corrected chi connectivity index (χ1v) is 8.14. The van der Waals surface area contributed by atoms with E-state index in [-0.39, 0.29) is 6.04 Å². The minimum atomic E-state index is -1.12. The van der Waals surface area contributed by atoms with Crippen LogP contribution in [-0.2, 0) is 15.6 Å². The zero-order chi connectivity index (χ0) is 14.4. The molecule has 0 aliphatic carbocycles. The first kappa shape index (κ1) is 15.6. The number of amides is 2. The molecule has 0 saturated carbocycles. The summed E-state index contributed by atoms with van der Waals surface area (Å²) in [5.74, 6) is -0.797. The van der Waals surface area contributed by atoms with Gasteiger partial charge in [-0.25, -0.2) is 9.59 Å². The zero-order valence-electron chi connectivity index (χ0n) is 10.6. The van der Waals surface area contributed by atoms with E-state index in [0.29, 0.717) is 10.6 Å². The molecule has 1 aromatic heterocycles. The Morgan fingerprint density at radius 2 is 2.16 bits per heavy atom. The fourth-order valence-corrected chi connectivity index (χ4v) is 3.06. The lowest BCUT2D eigenvalue weighted by Crippen LogP contribution is -2.45. The van der Waals surface area contributed by atoms with E-state index in [9.17, 15) is 13.8 Å². The van der Waals surface area contributed by atoms with E-state index in [2.05, 4.69) is 10.6 Å². The molecule has 3 atom stereocenters. The molecule has 0 aromatic carbocycles. The van der Waals surface area contributed by atoms with Gasteiger partial charge in [0.25, 0.3) is 0 Å². The summed E-state index contributed by atoms with van der Waals surface area (Å²) in [4.78, 5) is 23.3. The molecule has 0 radical (unpaired) electrons. The van der Waals surface area contributed by atoms with Crippen LogP contribution < -0.4 is 10.6 Å². The van der Waals surface area contributed by atoms with Crippen molar-refractivity contribution in [1.82, 2.24) is 10.6 Å². The molecule has 0 aliphatic heterocycles. The second kappa shape index (κ2) is 7.25. The maximum absolute atomic E-state index is 11.7. The standard InChI is InChI=1S/C11H16N2O4S2/c1-7(6-19(2)17)12-11(16)13-9(10(14)15)8-4-3-5-18-8/h3-5,7,9H,6H2,1-2H3,(H,14,15)(H2,12,13,16). The normalized spacial score (nSPS) is 15.3. The van der Waals surface area contributed by atoms with Crippen molar-refractivity contribution in [3.05, 3.63) is 22.4 Å². The van der Waals surface area contributed by atoms with Crippen molar-refractivity contribution in [1.29, 1.82) is 0 Å². The van der Waals surface area contributed by atoms with E-state index in [1.165, 1.54) is 11.3 Å². The minimum Gasteiger partial charge on any atom is -0.479 e. The molecular weight excluding hydrogens is 288 g/mol. The van der Waals surface area contributed by atoms with E-state index in [1.807, 2.05) is 0 Å². The van der Waals surface area contributed by atoms with Crippen molar-refractivity contribution in [3.8, 4) is 0 Å². The number of carboxylic acids is 1. The maximum atomic E-state index is 11.7. The first-order valence-electron chi connectivity index (χ1n) is 5.53. The highest BCUT2D eigenvalue weighted by molar-refractivity contribution is 7.84. The Bertz CT molecular complexity index is 461. The third-order valence-electron chi connectivity index (χ3n) is 2.21. The second-order valence-corrected chi connectivity index (χ2v) is 6.50. The van der Waals surface area contributed by atoms with Crippen LogP contribution in [0.3, 0.4) is 0 Å². The molecule has 3 unspecified atom stereocenters. The van der Waals surface area contributed by atoms with Gasteiger partial charge in [-0.05, 0) is 18.4 Å². The molecule has 0 aliphatic rings. The highest BCUT2D eigenvalue weighted by Crippen LogP contribution is 2.18. The predicted octanol–water partition coefficient (Wildman–Crippen LogP) is 0.940. The van der Waals surface area contributed by atoms with E-state index in [4.69, 9.17) is 5.11 Å². The number of thiophene rings is 1. The quantitative estimate of drug-likeness (QED) is 0.729. The molecule has 19 heavy (non-hydrogen) atoms. The number of carbonyl (C=O) groups excluding carboxylic acids is 1. The SMILES string of the molecule is CC(CS(C)=O)NC(=O)NC(C(=O)O)c1cccs1. The van der Waals surface area contributed by atoms with Gasteiger partial charge < -0.3 is 15.7 Å². The summed E-state index contributed by atoms with van der Waals surface area (Å²) >= 11 is 1.26. The van der Waals surface area contributed by atoms with Crippen molar-refractivity contribution in [2.24, 2.45) is 0 Å². The molecular formula is C11H16N2O4S2. The summed E-state index contributed by atoms with van der Waals surface area (Å²) in [6.45, 7) is 1.71. The summed E-state index contributed by atoms with van der Waals surface area (Å²) in [7, 11) is -1.02. The Morgan fingerprint density at radius 1 is 1.47 bits per heavy atom. The van der Waals surface area contributed by atoms with Gasteiger partial charge in [0.2, 0.25) is 0 Å². The number of hydrogen-bond donors (Lipinski definition) is 3. The lowest BCUT2D eigenvalue weighted by molar-refractivity contribution is -0.139. The number of aliphatic carboxylic acids is 1. The Kier molecular flexibility index (Phi) is 5.97. The molecule has 2 amide bonds. The van der Waals surface area contributed by atoms with Crippen molar-refractivity contribution < 1.29 is 18.9 Å². The predicted molar refractivity (Wildman–Crippen MR) is 74.8 cm³/mol. The number of carboxylic acid groups (broad SMARTS) is 1. The van der Waals surface area contributed by atoms with Crippen LogP contribution in [0.5, 0.6) is 0 Å². The second-order valence-electron chi connectivity index (χ2n) is 4.05. The molecule has 3 N–H and O–H groups in total. The van der Waals surface area contributed by atoms with E-state index in [1.54, 1.807) is 30.7 Å². The zero-order valence-corrected chi connectivity index (χ0v) is 12.2. The van der Waals surface area contributed by atoms with Gasteiger partial charge in [-0.1, -0.05) is 6.07 Å². The fourth-order valence-electron chi connectivity index (χ4n) is 1.50. The van der Waals surface area contributed by atoms with Crippen molar-refractivity contribution in [3.63, 3.8) is 0 Å². The first-order chi connectivity index (χ1) is 8.90. The lowest BCUT2D eigenvalue weighted by atomic mass is 10.2. The highest BCUT2D eigenvalue weighted by atomic mass is 32.2. The van der Waals surface area contributed by atoms with Gasteiger partial charge >= 0.3 is 12.0 Å². The molecule has 0 bridgehead atoms. The maximum Gasteiger partial charge on any atom is 0.331 e. The molecule has 0 fully saturated rings. The van der Waals surface area contributed by atoms with Crippen LogP contribution in [-0.4, -0.2) is 39.4 Å². The van der Waals surface area contributed by atoms with Crippen LogP contribution in [0.25, 0.3) is 0 Å². The number of rotatable bonds is 6. The van der Waals surface area contributed by atoms with Crippen LogP contribution in [0.4, 0.5) is 4.79 Å². The third-order valence-corrected chi connectivity index (χ3v) is 4.12. The molecule has 0 spiro atoms. The molecule has 1 aromatic rings. The summed E-state index contributed by atoms with van der Waals surface area (Å²) in [6.07, 6.45) is 1.54. The molecule has 106 valence electrons. The molecule has 1 rings (SSSR count). The Hall–Kier alpha value is -1.41. The van der Waals surface area contributed by atoms with Crippen molar-refractivity contribution in [2.45, 2.75) is 19.0 Å². The van der Waals surface area contributed by atoms with E-state index in [0.717, 1.165) is 0 Å². The topological polar surface area (TPSA) is 95.5 Å². The summed E-state index contributed by atoms with van der Waals surface area (Å²) < 4.78 is 11.0. The van der Waals surface area contributed by atoms with Gasteiger partial charge in [0, 0.05) is 33.7 Å². The van der Waals surface area contributed by atoms with Crippen LogP contribution in [0.1, 0.15) is 17.8 Å². The highest BCUT2D eigenvalue weighted by Gasteiger charge is 2.23. The average Bonchev–Trinajstić information content (AvgIpc) is 2.76. The van der Waals surface area contributed by atoms with Crippen molar-refractivity contribution >= 4 is 34.1 Å². The van der Waals surface area contributed by atoms with E-state index < -0.39 is 28.8 Å². The van der Waals surface area contributed by atoms with Gasteiger partial charge in [0.05, 0.1) is 0 Å². The molecule has 6 nitrogen and oxygen atoms in total. The van der Waals surface area contributed by atoms with Crippen LogP contribution in [0, 0.1) is 0 Å². The summed E-state index contributed by atoms with van der Waals surface area (Å²) in [5.41, 5.74) is 0. The number of nitrogens with one attached hydrogen (secondary N) is 2. The smallest absolute Gasteiger partial charge is 0.331 e. The number of hydrogen-bond acceptors (Lipinski definition) is 4. The largest absolute Gasteiger partial charge is 0.479 e. The van der Waals surface area contributed by atoms with Gasteiger partial charge in [-0.15, -0.1) is 11.3 Å². The van der Waals surface area contributed by atoms with Gasteiger partial charge in [0.1, 0.15) is 0 Å². The van der Waals surface area contributed by atoms with Crippen LogP contribution in [0.15, 0.2) is 17.5 Å². The third kappa shape index (κ3) is 5.39. The summed E-state index contributed by atoms with van der Waals surface area (Å²) in [5, 5.41) is 15.8. The minimum absolute atomic E-state index is 0.288. The molecule has 0 saturated heterocycles. The number of carbonyl (C=O) groups is 2. The Balaban J connectivity index is 2.58. The van der Waals surface area contributed by atoms with Gasteiger partial charge in [-0.2, -0.15) is 0 Å². The van der Waals surface area contributed by atoms with Crippen LogP contribution >= 0.6 is 11.3 Å². The average molecular weight is 304 g/mol. The molecule has 1 heterocycles. The van der Waals surface area contributed by atoms with E-state index >= 15 is 0 Å². The number of urea groups is 1. The fraction of sp³-hybridized carbons (Fsp3) is 0.455. The van der Waals surface area contributed by atoms with Crippen molar-refractivity contribution in [2.75, 3.05) is 12.0 Å². The molecule has 8 heteroatoms. The van der Waals surface area contributed by atoms with Crippen LogP contribution in [0.2, 0.25) is 0 Å². The Labute approximate surface area is 117 Å². The monoisotopic (exact) mass is 304 g/mol. The lowest BCUT2D eigenvalue weighted by Gasteiger charge is -2.17.